The number of nitrogens with zero attached hydrogens (tertiary/aromatic N) is 1. The van der Waals surface area contributed by atoms with Crippen molar-refractivity contribution in [1.82, 2.24) is 10.3 Å². The first-order valence-electron chi connectivity index (χ1n) is 8.50. The van der Waals surface area contributed by atoms with E-state index in [0.717, 1.165) is 18.8 Å². The molecule has 0 aromatic carbocycles. The van der Waals surface area contributed by atoms with E-state index in [-0.39, 0.29) is 0 Å². The summed E-state index contributed by atoms with van der Waals surface area (Å²) in [5.41, 5.74) is 3.63. The number of aromatic nitrogens is 1. The predicted molar refractivity (Wildman–Crippen MR) is 87.6 cm³/mol. The van der Waals surface area contributed by atoms with Crippen molar-refractivity contribution in [2.24, 2.45) is 0 Å². The summed E-state index contributed by atoms with van der Waals surface area (Å²) in [6, 6.07) is 4.81. The van der Waals surface area contributed by atoms with Gasteiger partial charge in [0.15, 0.2) is 0 Å². The van der Waals surface area contributed by atoms with Crippen molar-refractivity contribution in [3.05, 3.63) is 29.1 Å². The van der Waals surface area contributed by atoms with E-state index in [1.165, 1.54) is 49.8 Å². The standard InChI is InChI=1S/C18H30N2O/c1-4-12-19-18(9-5-7-16-8-6-13-21-16)17-11-10-14(2)20-15(17)3/h10-11,16,18-19H,4-9,12-13H2,1-3H3. The molecule has 21 heavy (non-hydrogen) atoms. The Labute approximate surface area is 129 Å². The molecule has 1 saturated heterocycles. The Morgan fingerprint density at radius 2 is 2.24 bits per heavy atom. The summed E-state index contributed by atoms with van der Waals surface area (Å²) in [6.45, 7) is 8.43. The third kappa shape index (κ3) is 5.08. The van der Waals surface area contributed by atoms with Crippen LogP contribution in [0.1, 0.15) is 68.4 Å². The number of hydrogen-bond acceptors (Lipinski definition) is 3. The first kappa shape index (κ1) is 16.4. The van der Waals surface area contributed by atoms with E-state index in [9.17, 15) is 0 Å². The van der Waals surface area contributed by atoms with Crippen LogP contribution in [-0.2, 0) is 4.74 Å². The zero-order chi connectivity index (χ0) is 15.1. The van der Waals surface area contributed by atoms with Gasteiger partial charge < -0.3 is 10.1 Å². The van der Waals surface area contributed by atoms with E-state index >= 15 is 0 Å². The highest BCUT2D eigenvalue weighted by atomic mass is 16.5. The van der Waals surface area contributed by atoms with Crippen LogP contribution in [0.2, 0.25) is 0 Å². The van der Waals surface area contributed by atoms with E-state index in [1.807, 2.05) is 0 Å². The van der Waals surface area contributed by atoms with Crippen LogP contribution in [0, 0.1) is 13.8 Å². The molecule has 0 radical (unpaired) electrons. The summed E-state index contributed by atoms with van der Waals surface area (Å²) in [7, 11) is 0. The molecular formula is C18H30N2O. The number of hydrogen-bond donors (Lipinski definition) is 1. The van der Waals surface area contributed by atoms with Crippen molar-refractivity contribution in [3.8, 4) is 0 Å². The van der Waals surface area contributed by atoms with Crippen LogP contribution >= 0.6 is 0 Å². The molecule has 3 nitrogen and oxygen atoms in total. The Morgan fingerprint density at radius 3 is 2.90 bits per heavy atom. The van der Waals surface area contributed by atoms with E-state index < -0.39 is 0 Å². The molecule has 2 unspecified atom stereocenters. The van der Waals surface area contributed by atoms with E-state index in [0.29, 0.717) is 12.1 Å². The average Bonchev–Trinajstić information content (AvgIpc) is 2.96. The van der Waals surface area contributed by atoms with Crippen LogP contribution in [0.25, 0.3) is 0 Å². The minimum absolute atomic E-state index is 0.430. The normalized spacial score (nSPS) is 19.9. The van der Waals surface area contributed by atoms with Gasteiger partial charge in [-0.25, -0.2) is 0 Å². The molecule has 0 bridgehead atoms. The Bertz CT molecular complexity index is 427. The summed E-state index contributed by atoms with van der Waals surface area (Å²) in [6.07, 6.45) is 7.75. The van der Waals surface area contributed by atoms with Crippen LogP contribution < -0.4 is 5.32 Å². The van der Waals surface area contributed by atoms with Gasteiger partial charge in [-0.15, -0.1) is 0 Å². The molecule has 1 fully saturated rings. The molecule has 3 heteroatoms. The third-order valence-electron chi connectivity index (χ3n) is 4.32. The zero-order valence-electron chi connectivity index (χ0n) is 13.8. The summed E-state index contributed by atoms with van der Waals surface area (Å²) < 4.78 is 5.73. The quantitative estimate of drug-likeness (QED) is 0.783. The van der Waals surface area contributed by atoms with Gasteiger partial charge in [-0.3, -0.25) is 4.98 Å². The SMILES string of the molecule is CCCNC(CCCC1CCCO1)c1ccc(C)nc1C. The van der Waals surface area contributed by atoms with E-state index in [2.05, 4.69) is 43.2 Å². The van der Waals surface area contributed by atoms with Crippen LogP contribution in [0.4, 0.5) is 0 Å². The second kappa shape index (κ2) is 8.50. The molecule has 0 saturated carbocycles. The maximum Gasteiger partial charge on any atom is 0.0576 e. The Balaban J connectivity index is 1.92. The lowest BCUT2D eigenvalue weighted by atomic mass is 9.97. The molecule has 0 aliphatic carbocycles. The number of pyridine rings is 1. The lowest BCUT2D eigenvalue weighted by molar-refractivity contribution is 0.101. The van der Waals surface area contributed by atoms with Crippen LogP contribution in [0.5, 0.6) is 0 Å². The predicted octanol–water partition coefficient (Wildman–Crippen LogP) is 4.09. The smallest absolute Gasteiger partial charge is 0.0576 e. The molecule has 118 valence electrons. The largest absolute Gasteiger partial charge is 0.378 e. The Morgan fingerprint density at radius 1 is 1.38 bits per heavy atom. The van der Waals surface area contributed by atoms with Gasteiger partial charge in [-0.1, -0.05) is 13.0 Å². The maximum atomic E-state index is 5.73. The number of aryl methyl sites for hydroxylation is 2. The molecule has 1 aromatic heterocycles. The fraction of sp³-hybridized carbons (Fsp3) is 0.722. The summed E-state index contributed by atoms with van der Waals surface area (Å²) in [5.74, 6) is 0. The van der Waals surface area contributed by atoms with Crippen LogP contribution in [0.3, 0.4) is 0 Å². The monoisotopic (exact) mass is 290 g/mol. The molecule has 1 aliphatic heterocycles. The fourth-order valence-electron chi connectivity index (χ4n) is 3.17. The Kier molecular flexibility index (Phi) is 6.65. The van der Waals surface area contributed by atoms with Crippen molar-refractivity contribution in [2.75, 3.05) is 13.2 Å². The molecule has 2 rings (SSSR count). The van der Waals surface area contributed by atoms with Gasteiger partial charge in [0.2, 0.25) is 0 Å². The van der Waals surface area contributed by atoms with Gasteiger partial charge >= 0.3 is 0 Å². The topological polar surface area (TPSA) is 34.1 Å². The molecule has 0 amide bonds. The number of nitrogens with one attached hydrogen (secondary N) is 1. The minimum Gasteiger partial charge on any atom is -0.378 e. The van der Waals surface area contributed by atoms with Gasteiger partial charge in [0.25, 0.3) is 0 Å². The van der Waals surface area contributed by atoms with Gasteiger partial charge in [-0.2, -0.15) is 0 Å². The summed E-state index contributed by atoms with van der Waals surface area (Å²) >= 11 is 0. The van der Waals surface area contributed by atoms with Crippen molar-refractivity contribution in [1.29, 1.82) is 0 Å². The zero-order valence-corrected chi connectivity index (χ0v) is 13.8. The summed E-state index contributed by atoms with van der Waals surface area (Å²) in [4.78, 5) is 4.62. The minimum atomic E-state index is 0.430. The molecular weight excluding hydrogens is 260 g/mol. The maximum absolute atomic E-state index is 5.73. The molecule has 1 aromatic rings. The molecule has 2 atom stereocenters. The second-order valence-corrected chi connectivity index (χ2v) is 6.20. The van der Waals surface area contributed by atoms with Crippen molar-refractivity contribution < 1.29 is 4.74 Å². The molecule has 0 spiro atoms. The molecule has 2 heterocycles. The molecule has 1 N–H and O–H groups in total. The van der Waals surface area contributed by atoms with Gasteiger partial charge in [0.1, 0.15) is 0 Å². The highest BCUT2D eigenvalue weighted by Crippen LogP contribution is 2.25. The van der Waals surface area contributed by atoms with Crippen LogP contribution in [-0.4, -0.2) is 24.2 Å². The lowest BCUT2D eigenvalue weighted by Gasteiger charge is -2.21. The first-order chi connectivity index (χ1) is 10.2. The van der Waals surface area contributed by atoms with Gasteiger partial charge in [0, 0.05) is 24.0 Å². The summed E-state index contributed by atoms with van der Waals surface area (Å²) in [5, 5.41) is 3.69. The lowest BCUT2D eigenvalue weighted by Crippen LogP contribution is -2.23. The highest BCUT2D eigenvalue weighted by Gasteiger charge is 2.18. The average molecular weight is 290 g/mol. The van der Waals surface area contributed by atoms with Crippen molar-refractivity contribution in [2.45, 2.75) is 71.4 Å². The molecule has 1 aliphatic rings. The fourth-order valence-corrected chi connectivity index (χ4v) is 3.17. The van der Waals surface area contributed by atoms with Gasteiger partial charge in [-0.05, 0) is 70.5 Å². The van der Waals surface area contributed by atoms with E-state index in [1.54, 1.807) is 0 Å². The van der Waals surface area contributed by atoms with Crippen molar-refractivity contribution in [3.63, 3.8) is 0 Å². The third-order valence-corrected chi connectivity index (χ3v) is 4.32. The van der Waals surface area contributed by atoms with Crippen LogP contribution in [0.15, 0.2) is 12.1 Å². The second-order valence-electron chi connectivity index (χ2n) is 6.20. The van der Waals surface area contributed by atoms with Gasteiger partial charge in [0.05, 0.1) is 6.10 Å². The van der Waals surface area contributed by atoms with E-state index in [4.69, 9.17) is 4.74 Å². The Hall–Kier alpha value is -0.930. The number of rotatable bonds is 8. The van der Waals surface area contributed by atoms with Crippen molar-refractivity contribution >= 4 is 0 Å². The number of ether oxygens (including phenoxy) is 1. The highest BCUT2D eigenvalue weighted by molar-refractivity contribution is 5.25. The first-order valence-corrected chi connectivity index (χ1v) is 8.50.